The monoisotopic (exact) mass is 299 g/mol. The van der Waals surface area contributed by atoms with Crippen LogP contribution in [0.25, 0.3) is 17.2 Å². The highest BCUT2D eigenvalue weighted by Crippen LogP contribution is 2.36. The molecule has 0 bridgehead atoms. The molecular formula is C16H13NO5. The van der Waals surface area contributed by atoms with Gasteiger partial charge in [-0.05, 0) is 36.3 Å². The van der Waals surface area contributed by atoms with Gasteiger partial charge in [-0.25, -0.2) is 4.79 Å². The van der Waals surface area contributed by atoms with Crippen molar-refractivity contribution in [2.75, 3.05) is 0 Å². The molecular weight excluding hydrogens is 286 g/mol. The highest BCUT2D eigenvalue weighted by Gasteiger charge is 2.13. The first-order valence-corrected chi connectivity index (χ1v) is 6.38. The second-order valence-electron chi connectivity index (χ2n) is 4.67. The smallest absolute Gasteiger partial charge is 0.328 e. The van der Waals surface area contributed by atoms with Crippen molar-refractivity contribution in [3.63, 3.8) is 0 Å². The van der Waals surface area contributed by atoms with Crippen LogP contribution in [-0.4, -0.2) is 21.1 Å². The van der Waals surface area contributed by atoms with Crippen LogP contribution in [0.15, 0.2) is 42.5 Å². The van der Waals surface area contributed by atoms with Gasteiger partial charge < -0.3 is 10.2 Å². The van der Waals surface area contributed by atoms with Gasteiger partial charge in [0.1, 0.15) is 5.75 Å². The molecule has 0 saturated heterocycles. The van der Waals surface area contributed by atoms with Crippen LogP contribution in [0.3, 0.4) is 0 Å². The predicted molar refractivity (Wildman–Crippen MR) is 81.6 cm³/mol. The van der Waals surface area contributed by atoms with E-state index < -0.39 is 10.9 Å². The van der Waals surface area contributed by atoms with Gasteiger partial charge >= 0.3 is 5.97 Å². The number of carboxylic acids is 1. The molecule has 0 heterocycles. The van der Waals surface area contributed by atoms with Gasteiger partial charge in [0, 0.05) is 29.3 Å². The van der Waals surface area contributed by atoms with E-state index in [1.54, 1.807) is 31.2 Å². The van der Waals surface area contributed by atoms with E-state index in [4.69, 9.17) is 5.11 Å². The van der Waals surface area contributed by atoms with Gasteiger partial charge in [0.2, 0.25) is 0 Å². The molecule has 0 aliphatic carbocycles. The summed E-state index contributed by atoms with van der Waals surface area (Å²) in [5.74, 6) is -1.18. The van der Waals surface area contributed by atoms with Gasteiger partial charge in [0.05, 0.1) is 4.92 Å². The summed E-state index contributed by atoms with van der Waals surface area (Å²) in [6.07, 6.45) is 2.23. The number of aromatic hydroxyl groups is 1. The van der Waals surface area contributed by atoms with Crippen molar-refractivity contribution in [2.45, 2.75) is 6.92 Å². The molecule has 0 fully saturated rings. The van der Waals surface area contributed by atoms with E-state index >= 15 is 0 Å². The molecule has 0 amide bonds. The largest absolute Gasteiger partial charge is 0.507 e. The zero-order valence-electron chi connectivity index (χ0n) is 11.7. The number of non-ortho nitro benzene ring substituents is 1. The number of nitro groups is 1. The Hall–Kier alpha value is -3.15. The molecule has 6 heteroatoms. The number of nitrogens with zero attached hydrogens (tertiary/aromatic N) is 1. The first kappa shape index (κ1) is 15.2. The number of rotatable bonds is 4. The standard InChI is InChI=1S/C16H13NO5/c1-10-2-3-12(6-9-14(18)19)16(20)15(10)11-4-7-13(8-5-11)17(21)22/h2-9,20H,1H3,(H,18,19). The van der Waals surface area contributed by atoms with Gasteiger partial charge in [-0.15, -0.1) is 0 Å². The normalized spacial score (nSPS) is 10.8. The molecule has 0 radical (unpaired) electrons. The number of carbonyl (C=O) groups is 1. The summed E-state index contributed by atoms with van der Waals surface area (Å²) in [6.45, 7) is 1.79. The SMILES string of the molecule is Cc1ccc(C=CC(=O)O)c(O)c1-c1ccc([N+](=O)[O-])cc1. The number of phenolic OH excluding ortho intramolecular Hbond substituents is 1. The van der Waals surface area contributed by atoms with E-state index in [2.05, 4.69) is 0 Å². The zero-order valence-corrected chi connectivity index (χ0v) is 11.7. The van der Waals surface area contributed by atoms with Crippen LogP contribution in [-0.2, 0) is 4.79 Å². The topological polar surface area (TPSA) is 101 Å². The van der Waals surface area contributed by atoms with Gasteiger partial charge in [-0.2, -0.15) is 0 Å². The maximum atomic E-state index is 10.7. The molecule has 6 nitrogen and oxygen atoms in total. The van der Waals surface area contributed by atoms with Gasteiger partial charge in [-0.3, -0.25) is 10.1 Å². The van der Waals surface area contributed by atoms with Crippen molar-refractivity contribution in [3.05, 3.63) is 63.7 Å². The summed E-state index contributed by atoms with van der Waals surface area (Å²) in [5.41, 5.74) is 2.23. The van der Waals surface area contributed by atoms with Crippen LogP contribution in [0.1, 0.15) is 11.1 Å². The third-order valence-electron chi connectivity index (χ3n) is 3.19. The summed E-state index contributed by atoms with van der Waals surface area (Å²) >= 11 is 0. The van der Waals surface area contributed by atoms with Crippen molar-refractivity contribution >= 4 is 17.7 Å². The van der Waals surface area contributed by atoms with Crippen LogP contribution in [0, 0.1) is 17.0 Å². The van der Waals surface area contributed by atoms with Crippen LogP contribution in [0.2, 0.25) is 0 Å². The van der Waals surface area contributed by atoms with E-state index in [9.17, 15) is 20.0 Å². The third kappa shape index (κ3) is 3.12. The summed E-state index contributed by atoms with van der Waals surface area (Å²) in [4.78, 5) is 20.8. The minimum absolute atomic E-state index is 0.0391. The number of benzene rings is 2. The van der Waals surface area contributed by atoms with E-state index in [0.717, 1.165) is 11.6 Å². The van der Waals surface area contributed by atoms with Crippen molar-refractivity contribution in [1.29, 1.82) is 0 Å². The fraction of sp³-hybridized carbons (Fsp3) is 0.0625. The lowest BCUT2D eigenvalue weighted by Crippen LogP contribution is -1.91. The Labute approximate surface area is 126 Å². The Morgan fingerprint density at radius 1 is 1.18 bits per heavy atom. The van der Waals surface area contributed by atoms with E-state index in [0.29, 0.717) is 16.7 Å². The lowest BCUT2D eigenvalue weighted by atomic mass is 9.96. The number of carboxylic acid groups (broad SMARTS) is 1. The average molecular weight is 299 g/mol. The fourth-order valence-electron chi connectivity index (χ4n) is 2.12. The third-order valence-corrected chi connectivity index (χ3v) is 3.19. The maximum Gasteiger partial charge on any atom is 0.328 e. The van der Waals surface area contributed by atoms with E-state index in [1.807, 2.05) is 0 Å². The van der Waals surface area contributed by atoms with E-state index in [1.165, 1.54) is 18.2 Å². The fourth-order valence-corrected chi connectivity index (χ4v) is 2.12. The molecule has 0 aliphatic rings. The molecule has 0 aromatic heterocycles. The Bertz CT molecular complexity index is 763. The van der Waals surface area contributed by atoms with Crippen LogP contribution in [0.5, 0.6) is 5.75 Å². The number of phenols is 1. The summed E-state index contributed by atoms with van der Waals surface area (Å²) in [5, 5.41) is 29.7. The van der Waals surface area contributed by atoms with Crippen molar-refractivity contribution < 1.29 is 19.9 Å². The molecule has 22 heavy (non-hydrogen) atoms. The minimum Gasteiger partial charge on any atom is -0.507 e. The van der Waals surface area contributed by atoms with Crippen molar-refractivity contribution in [2.24, 2.45) is 0 Å². The molecule has 2 N–H and O–H groups in total. The van der Waals surface area contributed by atoms with Gasteiger partial charge in [-0.1, -0.05) is 12.1 Å². The second-order valence-corrected chi connectivity index (χ2v) is 4.67. The Morgan fingerprint density at radius 2 is 1.82 bits per heavy atom. The van der Waals surface area contributed by atoms with Crippen LogP contribution < -0.4 is 0 Å². The highest BCUT2D eigenvalue weighted by molar-refractivity contribution is 5.87. The number of aliphatic carboxylic acids is 1. The quantitative estimate of drug-likeness (QED) is 0.512. The van der Waals surface area contributed by atoms with Crippen molar-refractivity contribution in [3.8, 4) is 16.9 Å². The highest BCUT2D eigenvalue weighted by atomic mass is 16.6. The Balaban J connectivity index is 2.52. The predicted octanol–water partition coefficient (Wildman–Crippen LogP) is 3.37. The Kier molecular flexibility index (Phi) is 4.22. The van der Waals surface area contributed by atoms with Crippen LogP contribution in [0.4, 0.5) is 5.69 Å². The van der Waals surface area contributed by atoms with Crippen molar-refractivity contribution in [1.82, 2.24) is 0 Å². The summed E-state index contributed by atoms with van der Waals surface area (Å²) in [6, 6.07) is 9.16. The molecule has 2 aromatic carbocycles. The molecule has 0 spiro atoms. The minimum atomic E-state index is -1.11. The maximum absolute atomic E-state index is 10.7. The van der Waals surface area contributed by atoms with Crippen LogP contribution >= 0.6 is 0 Å². The molecule has 2 aromatic rings. The zero-order chi connectivity index (χ0) is 16.3. The lowest BCUT2D eigenvalue weighted by Gasteiger charge is -2.11. The van der Waals surface area contributed by atoms with E-state index in [-0.39, 0.29) is 11.4 Å². The molecule has 0 saturated carbocycles. The molecule has 0 atom stereocenters. The van der Waals surface area contributed by atoms with Gasteiger partial charge in [0.25, 0.3) is 5.69 Å². The number of hydrogen-bond acceptors (Lipinski definition) is 4. The summed E-state index contributed by atoms with van der Waals surface area (Å²) < 4.78 is 0. The summed E-state index contributed by atoms with van der Waals surface area (Å²) in [7, 11) is 0. The lowest BCUT2D eigenvalue weighted by molar-refractivity contribution is -0.384. The average Bonchev–Trinajstić information content (AvgIpc) is 2.47. The second kappa shape index (κ2) is 6.09. The number of hydrogen-bond donors (Lipinski definition) is 2. The first-order chi connectivity index (χ1) is 10.4. The number of aryl methyl sites for hydroxylation is 1. The molecule has 0 aliphatic heterocycles. The molecule has 112 valence electrons. The molecule has 0 unspecified atom stereocenters. The first-order valence-electron chi connectivity index (χ1n) is 6.38. The Morgan fingerprint density at radius 3 is 2.36 bits per heavy atom. The number of nitro benzene ring substituents is 1. The molecule has 2 rings (SSSR count). The van der Waals surface area contributed by atoms with Gasteiger partial charge in [0.15, 0.2) is 0 Å².